The highest BCUT2D eigenvalue weighted by Crippen LogP contribution is 2.46. The van der Waals surface area contributed by atoms with E-state index < -0.39 is 0 Å². The fraction of sp³-hybridized carbons (Fsp3) is 0. The van der Waals surface area contributed by atoms with E-state index in [-0.39, 0.29) is 0 Å². The van der Waals surface area contributed by atoms with Gasteiger partial charge in [0.15, 0.2) is 23.1 Å². The summed E-state index contributed by atoms with van der Waals surface area (Å²) < 4.78 is 9.64. The molecule has 0 spiro atoms. The molecule has 3 aromatic heterocycles. The first-order valence-corrected chi connectivity index (χ1v) is 23.7. The summed E-state index contributed by atoms with van der Waals surface area (Å²) >= 11 is 0. The Bertz CT molecular complexity index is 4660. The van der Waals surface area contributed by atoms with Crippen molar-refractivity contribution in [3.05, 3.63) is 231 Å². The Labute approximate surface area is 401 Å². The van der Waals surface area contributed by atoms with Crippen LogP contribution in [0.2, 0.25) is 0 Å². The molecule has 15 aromatic rings. The van der Waals surface area contributed by atoms with E-state index in [4.69, 9.17) is 19.4 Å². The predicted molar refractivity (Wildman–Crippen MR) is 291 cm³/mol. The van der Waals surface area contributed by atoms with Crippen LogP contribution in [-0.2, 0) is 0 Å². The third kappa shape index (κ3) is 5.95. The number of hydrogen-bond acceptors (Lipinski definition) is 4. The third-order valence-corrected chi connectivity index (χ3v) is 14.3. The second-order valence-corrected chi connectivity index (χ2v) is 18.3. The molecule has 0 saturated heterocycles. The van der Waals surface area contributed by atoms with Crippen molar-refractivity contribution >= 4 is 97.6 Å². The van der Waals surface area contributed by atoms with Crippen LogP contribution in [0.1, 0.15) is 0 Å². The SMILES string of the molecule is c1ccc(-c2cccc(-c3nc(-c4ccc5c(ccc6ccccc65)c4)nc(-c4ccc5c(oc6cc7ccccc7cc65)c4-n4c5cc6ccccc6cc5c5c6ccccc6ccc54)n3)c2)cc1. The average molecular weight is 891 g/mol. The maximum atomic E-state index is 7.24. The van der Waals surface area contributed by atoms with E-state index in [2.05, 4.69) is 229 Å². The zero-order chi connectivity index (χ0) is 45.9. The summed E-state index contributed by atoms with van der Waals surface area (Å²) in [7, 11) is 0. The average Bonchev–Trinajstić information content (AvgIpc) is 3.96. The largest absolute Gasteiger partial charge is 0.454 e. The van der Waals surface area contributed by atoms with Gasteiger partial charge in [-0.15, -0.1) is 0 Å². The number of rotatable bonds is 5. The molecule has 5 nitrogen and oxygen atoms in total. The van der Waals surface area contributed by atoms with Crippen LogP contribution >= 0.6 is 0 Å². The quantitative estimate of drug-likeness (QED) is 0.162. The van der Waals surface area contributed by atoms with Crippen molar-refractivity contribution < 1.29 is 4.42 Å². The fourth-order valence-corrected chi connectivity index (χ4v) is 11.0. The maximum absolute atomic E-state index is 7.24. The highest BCUT2D eigenvalue weighted by atomic mass is 16.3. The summed E-state index contributed by atoms with van der Waals surface area (Å²) in [6.45, 7) is 0. The van der Waals surface area contributed by atoms with Gasteiger partial charge >= 0.3 is 0 Å². The Morgan fingerprint density at radius 1 is 0.300 bits per heavy atom. The molecule has 0 unspecified atom stereocenters. The molecule has 0 fully saturated rings. The molecule has 0 saturated carbocycles. The molecule has 0 radical (unpaired) electrons. The molecular weight excluding hydrogens is 853 g/mol. The van der Waals surface area contributed by atoms with Crippen molar-refractivity contribution in [2.45, 2.75) is 0 Å². The molecule has 0 aliphatic carbocycles. The Morgan fingerprint density at radius 3 is 1.64 bits per heavy atom. The molecule has 0 N–H and O–H groups in total. The van der Waals surface area contributed by atoms with E-state index in [1.54, 1.807) is 0 Å². The summed E-state index contributed by atoms with van der Waals surface area (Å²) in [5, 5.41) is 16.1. The Hall–Kier alpha value is -9.45. The number of nitrogens with zero attached hydrogens (tertiary/aromatic N) is 4. The maximum Gasteiger partial charge on any atom is 0.166 e. The summed E-state index contributed by atoms with van der Waals surface area (Å²) in [6.07, 6.45) is 0. The number of fused-ring (bicyclic) bond motifs is 13. The lowest BCUT2D eigenvalue weighted by Crippen LogP contribution is -2.04. The molecule has 0 amide bonds. The van der Waals surface area contributed by atoms with Gasteiger partial charge in [0.2, 0.25) is 0 Å². The van der Waals surface area contributed by atoms with E-state index in [0.29, 0.717) is 17.5 Å². The highest BCUT2D eigenvalue weighted by Gasteiger charge is 2.26. The van der Waals surface area contributed by atoms with Gasteiger partial charge < -0.3 is 8.98 Å². The zero-order valence-electron chi connectivity index (χ0n) is 37.6. The van der Waals surface area contributed by atoms with E-state index >= 15 is 0 Å². The van der Waals surface area contributed by atoms with Gasteiger partial charge in [-0.1, -0.05) is 176 Å². The molecule has 70 heavy (non-hydrogen) atoms. The van der Waals surface area contributed by atoms with Crippen molar-refractivity contribution in [2.75, 3.05) is 0 Å². The normalized spacial score (nSPS) is 12.0. The molecule has 0 aliphatic heterocycles. The van der Waals surface area contributed by atoms with E-state index in [1.807, 2.05) is 6.07 Å². The van der Waals surface area contributed by atoms with Crippen LogP contribution in [0.5, 0.6) is 0 Å². The van der Waals surface area contributed by atoms with Crippen molar-refractivity contribution in [3.8, 4) is 51.0 Å². The summed E-state index contributed by atoms with van der Waals surface area (Å²) in [6, 6.07) is 82.3. The van der Waals surface area contributed by atoms with Crippen LogP contribution in [0.15, 0.2) is 235 Å². The van der Waals surface area contributed by atoms with Crippen molar-refractivity contribution in [1.29, 1.82) is 0 Å². The van der Waals surface area contributed by atoms with Gasteiger partial charge in [-0.25, -0.2) is 15.0 Å². The molecule has 15 rings (SSSR count). The first kappa shape index (κ1) is 38.6. The van der Waals surface area contributed by atoms with Gasteiger partial charge in [-0.3, -0.25) is 0 Å². The van der Waals surface area contributed by atoms with Crippen LogP contribution < -0.4 is 0 Å². The smallest absolute Gasteiger partial charge is 0.166 e. The number of furan rings is 1. The first-order valence-electron chi connectivity index (χ1n) is 23.7. The molecular formula is C65H38N4O. The van der Waals surface area contributed by atoms with Crippen LogP contribution in [0.3, 0.4) is 0 Å². The van der Waals surface area contributed by atoms with Crippen molar-refractivity contribution in [1.82, 2.24) is 19.5 Å². The minimum Gasteiger partial charge on any atom is -0.454 e. The summed E-state index contributed by atoms with van der Waals surface area (Å²) in [5.74, 6) is 1.71. The molecule has 5 heteroatoms. The van der Waals surface area contributed by atoms with Gasteiger partial charge in [0, 0.05) is 38.2 Å². The molecule has 0 atom stereocenters. The van der Waals surface area contributed by atoms with E-state index in [9.17, 15) is 0 Å². The van der Waals surface area contributed by atoms with Gasteiger partial charge in [0.05, 0.1) is 11.0 Å². The Morgan fingerprint density at radius 2 is 0.857 bits per heavy atom. The topological polar surface area (TPSA) is 56.7 Å². The molecule has 0 bridgehead atoms. The minimum atomic E-state index is 0.544. The number of benzene rings is 12. The summed E-state index contributed by atoms with van der Waals surface area (Å²) in [5.41, 5.74) is 9.41. The van der Waals surface area contributed by atoms with Crippen molar-refractivity contribution in [2.24, 2.45) is 0 Å². The lowest BCUT2D eigenvalue weighted by atomic mass is 10.00. The van der Waals surface area contributed by atoms with Crippen LogP contribution in [0.4, 0.5) is 0 Å². The minimum absolute atomic E-state index is 0.544. The van der Waals surface area contributed by atoms with Crippen molar-refractivity contribution in [3.63, 3.8) is 0 Å². The van der Waals surface area contributed by atoms with Gasteiger partial charge in [0.25, 0.3) is 0 Å². The van der Waals surface area contributed by atoms with Gasteiger partial charge in [-0.05, 0) is 120 Å². The molecule has 12 aromatic carbocycles. The lowest BCUT2D eigenvalue weighted by molar-refractivity contribution is 0.667. The van der Waals surface area contributed by atoms with Gasteiger partial charge in [-0.2, -0.15) is 0 Å². The monoisotopic (exact) mass is 890 g/mol. The second-order valence-electron chi connectivity index (χ2n) is 18.3. The Balaban J connectivity index is 1.07. The predicted octanol–water partition coefficient (Wildman–Crippen LogP) is 17.3. The van der Waals surface area contributed by atoms with Gasteiger partial charge in [0.1, 0.15) is 11.3 Å². The molecule has 0 aliphatic rings. The van der Waals surface area contributed by atoms with Crippen LogP contribution in [-0.4, -0.2) is 19.5 Å². The zero-order valence-corrected chi connectivity index (χ0v) is 37.6. The Kier molecular flexibility index (Phi) is 8.29. The third-order valence-electron chi connectivity index (χ3n) is 14.3. The molecule has 3 heterocycles. The van der Waals surface area contributed by atoms with E-state index in [1.165, 1.54) is 37.7 Å². The standard InChI is InChI=1S/C65H38N4O/c1-2-13-39(14-3-1)42-21-12-22-48(33-42)63-66-64(49-27-29-51-47(34-49)26-25-40-15-8-10-23-50(40)51)68-65(67-63)54-31-30-53-55-35-43-17-5-7-20-46(43)38-59(55)70-62(53)61(54)69-57-32-28-41-16-9-11-24-52(41)60(57)56-36-44-18-4-6-19-45(44)37-58(56)69/h1-38H. The molecule has 324 valence electrons. The summed E-state index contributed by atoms with van der Waals surface area (Å²) in [4.78, 5) is 16.3. The lowest BCUT2D eigenvalue weighted by Gasteiger charge is -2.16. The van der Waals surface area contributed by atoms with E-state index in [0.717, 1.165) is 93.4 Å². The second kappa shape index (κ2) is 15.0. The van der Waals surface area contributed by atoms with Crippen LogP contribution in [0, 0.1) is 0 Å². The fourth-order valence-electron chi connectivity index (χ4n) is 11.0. The number of aromatic nitrogens is 4. The first-order chi connectivity index (χ1) is 34.7. The highest BCUT2D eigenvalue weighted by molar-refractivity contribution is 6.24. The van der Waals surface area contributed by atoms with Crippen LogP contribution in [0.25, 0.3) is 149 Å². The number of hydrogen-bond donors (Lipinski definition) is 0.